The molecular formula is C8H5F3INO2. The molecule has 15 heavy (non-hydrogen) atoms. The molecule has 0 saturated heterocycles. The molecular weight excluding hydrogens is 326 g/mol. The molecule has 1 rings (SSSR count). The molecule has 1 aromatic heterocycles. The average molecular weight is 331 g/mol. The maximum absolute atomic E-state index is 12.0. The highest BCUT2D eigenvalue weighted by molar-refractivity contribution is 14.1. The number of hydrogen-bond donors (Lipinski definition) is 0. The second-order valence-corrected chi connectivity index (χ2v) is 3.65. The zero-order valence-electron chi connectivity index (χ0n) is 7.43. The molecule has 1 aromatic rings. The van der Waals surface area contributed by atoms with Gasteiger partial charge in [-0.1, -0.05) is 0 Å². The van der Waals surface area contributed by atoms with Crippen LogP contribution in [0.25, 0.3) is 0 Å². The molecule has 0 bridgehead atoms. The number of halogens is 4. The minimum atomic E-state index is -4.81. The first-order valence-electron chi connectivity index (χ1n) is 3.71. The number of carbonyl (C=O) groups excluding carboxylic acids is 1. The Balaban J connectivity index is 3.24. The van der Waals surface area contributed by atoms with Crippen LogP contribution in [0.4, 0.5) is 13.2 Å². The lowest BCUT2D eigenvalue weighted by atomic mass is 10.2. The van der Waals surface area contributed by atoms with Crippen molar-refractivity contribution in [2.45, 2.75) is 13.3 Å². The van der Waals surface area contributed by atoms with Crippen LogP contribution in [0.3, 0.4) is 0 Å². The largest absolute Gasteiger partial charge is 0.573 e. The highest BCUT2D eigenvalue weighted by Gasteiger charge is 2.33. The van der Waals surface area contributed by atoms with Gasteiger partial charge in [0.1, 0.15) is 9.45 Å². The summed E-state index contributed by atoms with van der Waals surface area (Å²) in [5.74, 6) is -0.489. The van der Waals surface area contributed by atoms with Gasteiger partial charge >= 0.3 is 6.36 Å². The molecule has 0 fully saturated rings. The maximum atomic E-state index is 12.0. The molecule has 0 N–H and O–H groups in total. The van der Waals surface area contributed by atoms with Crippen molar-refractivity contribution >= 4 is 28.9 Å². The van der Waals surface area contributed by atoms with Gasteiger partial charge < -0.3 is 4.74 Å². The summed E-state index contributed by atoms with van der Waals surface area (Å²) in [6.07, 6.45) is -3.49. The molecule has 0 unspecified atom stereocenters. The van der Waals surface area contributed by atoms with Gasteiger partial charge in [0.2, 0.25) is 0 Å². The van der Waals surface area contributed by atoms with E-state index in [0.29, 0.717) is 3.70 Å². The van der Waals surface area contributed by atoms with Gasteiger partial charge in [-0.25, -0.2) is 4.98 Å². The number of ether oxygens (including phenoxy) is 1. The summed E-state index contributed by atoms with van der Waals surface area (Å²) in [7, 11) is 0. The van der Waals surface area contributed by atoms with Crippen molar-refractivity contribution in [3.63, 3.8) is 0 Å². The summed E-state index contributed by atoms with van der Waals surface area (Å²) in [5.41, 5.74) is -0.0252. The molecule has 82 valence electrons. The molecule has 0 aliphatic carbocycles. The molecule has 0 aliphatic rings. The average Bonchev–Trinajstić information content (AvgIpc) is 2.11. The molecule has 0 aromatic carbocycles. The van der Waals surface area contributed by atoms with Gasteiger partial charge in [-0.15, -0.1) is 13.2 Å². The fraction of sp³-hybridized carbons (Fsp3) is 0.250. The summed E-state index contributed by atoms with van der Waals surface area (Å²) >= 11 is 1.76. The molecule has 0 aliphatic heterocycles. The van der Waals surface area contributed by atoms with E-state index in [2.05, 4.69) is 9.72 Å². The van der Waals surface area contributed by atoms with Crippen molar-refractivity contribution < 1.29 is 22.7 Å². The number of aldehydes is 1. The molecule has 0 saturated carbocycles. The summed E-state index contributed by atoms with van der Waals surface area (Å²) in [4.78, 5) is 14.2. The number of rotatable bonds is 2. The smallest absolute Gasteiger partial charge is 0.405 e. The van der Waals surface area contributed by atoms with E-state index in [9.17, 15) is 18.0 Å². The minimum absolute atomic E-state index is 0.192. The summed E-state index contributed by atoms with van der Waals surface area (Å²) in [6, 6.07) is 0. The van der Waals surface area contributed by atoms with Crippen LogP contribution in [0.15, 0.2) is 6.20 Å². The molecule has 7 heteroatoms. The van der Waals surface area contributed by atoms with Gasteiger partial charge in [0, 0.05) is 11.8 Å². The van der Waals surface area contributed by atoms with E-state index in [1.807, 2.05) is 0 Å². The van der Waals surface area contributed by atoms with Crippen molar-refractivity contribution in [2.24, 2.45) is 0 Å². The van der Waals surface area contributed by atoms with Gasteiger partial charge in [-0.3, -0.25) is 4.79 Å². The molecule has 3 nitrogen and oxygen atoms in total. The second kappa shape index (κ2) is 4.33. The Labute approximate surface area is 96.8 Å². The van der Waals surface area contributed by atoms with Crippen LogP contribution in [-0.4, -0.2) is 17.6 Å². The first-order valence-corrected chi connectivity index (χ1v) is 4.79. The zero-order valence-corrected chi connectivity index (χ0v) is 9.59. The van der Waals surface area contributed by atoms with Crippen molar-refractivity contribution in [1.29, 1.82) is 0 Å². The molecule has 0 amide bonds. The van der Waals surface area contributed by atoms with Crippen molar-refractivity contribution in [1.82, 2.24) is 4.98 Å². The van der Waals surface area contributed by atoms with Gasteiger partial charge in [0.15, 0.2) is 6.29 Å². The fourth-order valence-corrected chi connectivity index (χ4v) is 1.31. The molecule has 0 spiro atoms. The van der Waals surface area contributed by atoms with E-state index >= 15 is 0 Å². The van der Waals surface area contributed by atoms with E-state index < -0.39 is 12.1 Å². The predicted molar refractivity (Wildman–Crippen MR) is 53.8 cm³/mol. The number of pyridine rings is 1. The minimum Gasteiger partial charge on any atom is -0.405 e. The van der Waals surface area contributed by atoms with Crippen LogP contribution in [0.5, 0.6) is 5.75 Å². The van der Waals surface area contributed by atoms with Crippen LogP contribution in [0.2, 0.25) is 0 Å². The summed E-state index contributed by atoms with van der Waals surface area (Å²) in [5, 5.41) is 0. The lowest BCUT2D eigenvalue weighted by molar-refractivity contribution is -0.274. The van der Waals surface area contributed by atoms with E-state index in [1.54, 1.807) is 22.6 Å². The Morgan fingerprint density at radius 1 is 1.53 bits per heavy atom. The van der Waals surface area contributed by atoms with Crippen molar-refractivity contribution in [3.8, 4) is 5.75 Å². The van der Waals surface area contributed by atoms with Gasteiger partial charge in [-0.2, -0.15) is 0 Å². The van der Waals surface area contributed by atoms with Gasteiger partial charge in [0.05, 0.1) is 5.56 Å². The highest BCUT2D eigenvalue weighted by Crippen LogP contribution is 2.30. The van der Waals surface area contributed by atoms with Gasteiger partial charge in [0.25, 0.3) is 0 Å². The standard InChI is InChI=1S/C8H5F3INO2/c1-4-6(15-8(9,10)11)5(3-14)2-13-7(4)12/h2-3H,1H3. The number of carbonyl (C=O) groups is 1. The Kier molecular flexibility index (Phi) is 3.53. The Bertz CT molecular complexity index is 392. The Morgan fingerprint density at radius 3 is 2.60 bits per heavy atom. The molecule has 1 heterocycles. The molecule has 0 radical (unpaired) electrons. The van der Waals surface area contributed by atoms with E-state index in [1.165, 1.54) is 6.92 Å². The third-order valence-corrected chi connectivity index (χ3v) is 2.66. The van der Waals surface area contributed by atoms with Crippen LogP contribution in [0, 0.1) is 10.6 Å². The van der Waals surface area contributed by atoms with E-state index in [4.69, 9.17) is 0 Å². The third-order valence-electron chi connectivity index (χ3n) is 1.57. The molecule has 0 atom stereocenters. The maximum Gasteiger partial charge on any atom is 0.573 e. The Hall–Kier alpha value is -0.860. The lowest BCUT2D eigenvalue weighted by Crippen LogP contribution is -2.19. The van der Waals surface area contributed by atoms with Crippen LogP contribution >= 0.6 is 22.6 Å². The topological polar surface area (TPSA) is 39.2 Å². The zero-order chi connectivity index (χ0) is 11.6. The second-order valence-electron chi connectivity index (χ2n) is 2.62. The van der Waals surface area contributed by atoms with E-state index in [-0.39, 0.29) is 17.4 Å². The van der Waals surface area contributed by atoms with Crippen molar-refractivity contribution in [2.75, 3.05) is 0 Å². The van der Waals surface area contributed by atoms with Gasteiger partial charge in [-0.05, 0) is 29.5 Å². The SMILES string of the molecule is Cc1c(I)ncc(C=O)c1OC(F)(F)F. The Morgan fingerprint density at radius 2 is 2.13 bits per heavy atom. The first kappa shape index (κ1) is 12.2. The third kappa shape index (κ3) is 3.05. The van der Waals surface area contributed by atoms with Crippen LogP contribution in [0.1, 0.15) is 15.9 Å². The number of aromatic nitrogens is 1. The van der Waals surface area contributed by atoms with Crippen LogP contribution < -0.4 is 4.74 Å². The monoisotopic (exact) mass is 331 g/mol. The van der Waals surface area contributed by atoms with E-state index in [0.717, 1.165) is 6.20 Å². The number of alkyl halides is 3. The van der Waals surface area contributed by atoms with Crippen LogP contribution in [-0.2, 0) is 0 Å². The number of hydrogen-bond acceptors (Lipinski definition) is 3. The normalized spacial score (nSPS) is 11.3. The summed E-state index contributed by atoms with van der Waals surface area (Å²) < 4.78 is 40.1. The van der Waals surface area contributed by atoms with Crippen molar-refractivity contribution in [3.05, 3.63) is 21.0 Å². The fourth-order valence-electron chi connectivity index (χ4n) is 0.927. The highest BCUT2D eigenvalue weighted by atomic mass is 127. The quantitative estimate of drug-likeness (QED) is 0.475. The lowest BCUT2D eigenvalue weighted by Gasteiger charge is -2.13. The number of nitrogens with zero attached hydrogens (tertiary/aromatic N) is 1. The predicted octanol–water partition coefficient (Wildman–Crippen LogP) is 2.71. The first-order chi connectivity index (χ1) is 6.85. The summed E-state index contributed by atoms with van der Waals surface area (Å²) in [6.45, 7) is 1.41.